The Bertz CT molecular complexity index is 315. The van der Waals surface area contributed by atoms with Gasteiger partial charge >= 0.3 is 0 Å². The van der Waals surface area contributed by atoms with Gasteiger partial charge in [0, 0.05) is 12.1 Å². The molecule has 0 aromatic carbocycles. The van der Waals surface area contributed by atoms with Gasteiger partial charge in [-0.1, -0.05) is 0 Å². The average molecular weight is 209 g/mol. The SMILES string of the molecule is COc1ccc([C@H]2COCC(C)N2)nn1. The van der Waals surface area contributed by atoms with Crippen molar-refractivity contribution in [2.24, 2.45) is 0 Å². The first-order valence-electron chi connectivity index (χ1n) is 5.01. The molecule has 1 aliphatic rings. The number of hydrogen-bond acceptors (Lipinski definition) is 5. The first-order valence-corrected chi connectivity index (χ1v) is 5.01. The van der Waals surface area contributed by atoms with Crippen molar-refractivity contribution in [2.45, 2.75) is 19.0 Å². The fraction of sp³-hybridized carbons (Fsp3) is 0.600. The molecule has 0 amide bonds. The van der Waals surface area contributed by atoms with Gasteiger partial charge in [0.25, 0.3) is 0 Å². The van der Waals surface area contributed by atoms with Crippen LogP contribution in [0.15, 0.2) is 12.1 Å². The molecule has 5 nitrogen and oxygen atoms in total. The predicted molar refractivity (Wildman–Crippen MR) is 54.7 cm³/mol. The van der Waals surface area contributed by atoms with Crippen LogP contribution in [0.1, 0.15) is 18.7 Å². The maximum Gasteiger partial charge on any atom is 0.233 e. The second kappa shape index (κ2) is 4.55. The Kier molecular flexibility index (Phi) is 3.13. The lowest BCUT2D eigenvalue weighted by Crippen LogP contribution is -2.42. The van der Waals surface area contributed by atoms with E-state index in [0.29, 0.717) is 18.5 Å². The molecule has 1 fully saturated rings. The van der Waals surface area contributed by atoms with Gasteiger partial charge in [-0.15, -0.1) is 5.10 Å². The summed E-state index contributed by atoms with van der Waals surface area (Å²) in [6.45, 7) is 3.48. The van der Waals surface area contributed by atoms with Crippen LogP contribution in [0.5, 0.6) is 5.88 Å². The summed E-state index contributed by atoms with van der Waals surface area (Å²) < 4.78 is 10.4. The molecular formula is C10H15N3O2. The Balaban J connectivity index is 2.07. The molecule has 2 rings (SSSR count). The van der Waals surface area contributed by atoms with Crippen molar-refractivity contribution in [2.75, 3.05) is 20.3 Å². The highest BCUT2D eigenvalue weighted by atomic mass is 16.5. The van der Waals surface area contributed by atoms with E-state index in [9.17, 15) is 0 Å². The zero-order chi connectivity index (χ0) is 10.7. The van der Waals surface area contributed by atoms with Crippen LogP contribution in [-0.2, 0) is 4.74 Å². The fourth-order valence-electron chi connectivity index (χ4n) is 1.60. The van der Waals surface area contributed by atoms with Crippen LogP contribution >= 0.6 is 0 Å². The molecule has 0 bridgehead atoms. The topological polar surface area (TPSA) is 56.3 Å². The molecule has 0 spiro atoms. The van der Waals surface area contributed by atoms with Gasteiger partial charge in [-0.2, -0.15) is 5.10 Å². The van der Waals surface area contributed by atoms with Crippen LogP contribution in [0.4, 0.5) is 0 Å². The molecule has 5 heteroatoms. The van der Waals surface area contributed by atoms with Gasteiger partial charge in [-0.25, -0.2) is 0 Å². The van der Waals surface area contributed by atoms with Gasteiger partial charge in [0.2, 0.25) is 5.88 Å². The number of nitrogens with one attached hydrogen (secondary N) is 1. The molecule has 1 unspecified atom stereocenters. The van der Waals surface area contributed by atoms with Crippen molar-refractivity contribution < 1.29 is 9.47 Å². The van der Waals surface area contributed by atoms with Gasteiger partial charge in [0.05, 0.1) is 32.1 Å². The predicted octanol–water partition coefficient (Wildman–Crippen LogP) is 0.535. The summed E-state index contributed by atoms with van der Waals surface area (Å²) in [7, 11) is 1.58. The molecule has 1 aromatic rings. The van der Waals surface area contributed by atoms with E-state index in [4.69, 9.17) is 9.47 Å². The second-order valence-electron chi connectivity index (χ2n) is 3.66. The quantitative estimate of drug-likeness (QED) is 0.770. The van der Waals surface area contributed by atoms with E-state index in [1.807, 2.05) is 12.1 Å². The van der Waals surface area contributed by atoms with Gasteiger partial charge in [-0.05, 0) is 13.0 Å². The van der Waals surface area contributed by atoms with Crippen LogP contribution in [0.3, 0.4) is 0 Å². The van der Waals surface area contributed by atoms with E-state index in [-0.39, 0.29) is 6.04 Å². The van der Waals surface area contributed by atoms with Crippen LogP contribution in [0.25, 0.3) is 0 Å². The van der Waals surface area contributed by atoms with Gasteiger partial charge < -0.3 is 14.8 Å². The minimum Gasteiger partial charge on any atom is -0.480 e. The molecule has 2 heterocycles. The number of morpholine rings is 1. The largest absolute Gasteiger partial charge is 0.480 e. The highest BCUT2D eigenvalue weighted by Gasteiger charge is 2.21. The maximum absolute atomic E-state index is 5.44. The van der Waals surface area contributed by atoms with E-state index in [2.05, 4.69) is 22.4 Å². The summed E-state index contributed by atoms with van der Waals surface area (Å²) in [5.74, 6) is 0.531. The summed E-state index contributed by atoms with van der Waals surface area (Å²) in [6, 6.07) is 4.20. The molecule has 82 valence electrons. The van der Waals surface area contributed by atoms with Crippen LogP contribution in [0, 0.1) is 0 Å². The van der Waals surface area contributed by atoms with Crippen molar-refractivity contribution >= 4 is 0 Å². The summed E-state index contributed by atoms with van der Waals surface area (Å²) in [4.78, 5) is 0. The molecule has 1 aliphatic heterocycles. The number of methoxy groups -OCH3 is 1. The Morgan fingerprint density at radius 3 is 2.87 bits per heavy atom. The Morgan fingerprint density at radius 2 is 2.27 bits per heavy atom. The summed E-state index contributed by atoms with van der Waals surface area (Å²) >= 11 is 0. The van der Waals surface area contributed by atoms with Crippen molar-refractivity contribution in [3.8, 4) is 5.88 Å². The van der Waals surface area contributed by atoms with E-state index < -0.39 is 0 Å². The first-order chi connectivity index (χ1) is 7.29. The number of aromatic nitrogens is 2. The standard InChI is InChI=1S/C10H15N3O2/c1-7-5-15-6-9(11-7)8-3-4-10(14-2)13-12-8/h3-4,7,9,11H,5-6H2,1-2H3/t7?,9-/m1/s1. The molecule has 0 saturated carbocycles. The van der Waals surface area contributed by atoms with Crippen molar-refractivity contribution in [1.29, 1.82) is 0 Å². The minimum absolute atomic E-state index is 0.132. The van der Waals surface area contributed by atoms with Crippen molar-refractivity contribution in [3.63, 3.8) is 0 Å². The lowest BCUT2D eigenvalue weighted by molar-refractivity contribution is 0.0489. The Morgan fingerprint density at radius 1 is 1.40 bits per heavy atom. The highest BCUT2D eigenvalue weighted by molar-refractivity contribution is 5.14. The van der Waals surface area contributed by atoms with E-state index >= 15 is 0 Å². The smallest absolute Gasteiger partial charge is 0.233 e. The van der Waals surface area contributed by atoms with E-state index in [1.165, 1.54) is 0 Å². The van der Waals surface area contributed by atoms with Gasteiger partial charge in [-0.3, -0.25) is 0 Å². The van der Waals surface area contributed by atoms with Crippen LogP contribution in [0.2, 0.25) is 0 Å². The van der Waals surface area contributed by atoms with Gasteiger partial charge in [0.1, 0.15) is 0 Å². The van der Waals surface area contributed by atoms with Crippen LogP contribution in [-0.4, -0.2) is 36.6 Å². The van der Waals surface area contributed by atoms with Crippen LogP contribution < -0.4 is 10.1 Å². The summed E-state index contributed by atoms with van der Waals surface area (Å²) in [5.41, 5.74) is 0.891. The maximum atomic E-state index is 5.44. The molecule has 1 N–H and O–H groups in total. The number of hydrogen-bond donors (Lipinski definition) is 1. The third-order valence-electron chi connectivity index (χ3n) is 2.36. The normalized spacial score (nSPS) is 26.3. The molecule has 0 aliphatic carbocycles. The lowest BCUT2D eigenvalue weighted by atomic mass is 10.1. The third kappa shape index (κ3) is 2.43. The van der Waals surface area contributed by atoms with Gasteiger partial charge in [0.15, 0.2) is 0 Å². The Hall–Kier alpha value is -1.20. The van der Waals surface area contributed by atoms with Crippen molar-refractivity contribution in [1.82, 2.24) is 15.5 Å². The number of nitrogens with zero attached hydrogens (tertiary/aromatic N) is 2. The third-order valence-corrected chi connectivity index (χ3v) is 2.36. The second-order valence-corrected chi connectivity index (χ2v) is 3.66. The zero-order valence-corrected chi connectivity index (χ0v) is 8.93. The van der Waals surface area contributed by atoms with E-state index in [0.717, 1.165) is 12.3 Å². The molecule has 15 heavy (non-hydrogen) atoms. The lowest BCUT2D eigenvalue weighted by Gasteiger charge is -2.28. The minimum atomic E-state index is 0.132. The van der Waals surface area contributed by atoms with Crippen molar-refractivity contribution in [3.05, 3.63) is 17.8 Å². The van der Waals surface area contributed by atoms with E-state index in [1.54, 1.807) is 7.11 Å². The molecule has 2 atom stereocenters. The molecule has 0 radical (unpaired) electrons. The monoisotopic (exact) mass is 209 g/mol. The number of ether oxygens (including phenoxy) is 2. The first kappa shape index (κ1) is 10.3. The Labute approximate surface area is 88.8 Å². The molecular weight excluding hydrogens is 194 g/mol. The number of rotatable bonds is 2. The summed E-state index contributed by atoms with van der Waals surface area (Å²) in [6.07, 6.45) is 0. The average Bonchev–Trinajstić information content (AvgIpc) is 2.29. The molecule has 1 aromatic heterocycles. The summed E-state index contributed by atoms with van der Waals surface area (Å²) in [5, 5.41) is 11.4. The molecule has 1 saturated heterocycles. The highest BCUT2D eigenvalue weighted by Crippen LogP contribution is 2.16. The zero-order valence-electron chi connectivity index (χ0n) is 8.93. The fourth-order valence-corrected chi connectivity index (χ4v) is 1.60.